The monoisotopic (exact) mass is 331 g/mol. The van der Waals surface area contributed by atoms with Gasteiger partial charge in [-0.25, -0.2) is 9.50 Å². The minimum Gasteiger partial charge on any atom is -0.393 e. The van der Waals surface area contributed by atoms with Crippen LogP contribution < -0.4 is 0 Å². The fourth-order valence-corrected chi connectivity index (χ4v) is 3.70. The lowest BCUT2D eigenvalue weighted by atomic mass is 10.0. The van der Waals surface area contributed by atoms with Gasteiger partial charge in [0, 0.05) is 30.4 Å². The van der Waals surface area contributed by atoms with Crippen LogP contribution in [-0.2, 0) is 11.2 Å². The van der Waals surface area contributed by atoms with Gasteiger partial charge in [-0.05, 0) is 52.0 Å². The van der Waals surface area contributed by atoms with E-state index in [0.29, 0.717) is 25.0 Å². The Morgan fingerprint density at radius 2 is 2.25 bits per heavy atom. The molecule has 1 amide bonds. The molecule has 1 aliphatic heterocycles. The fraction of sp³-hybridized carbons (Fsp3) is 0.647. The summed E-state index contributed by atoms with van der Waals surface area (Å²) in [6.45, 7) is 6.52. The van der Waals surface area contributed by atoms with E-state index in [1.165, 1.54) is 6.33 Å². The van der Waals surface area contributed by atoms with E-state index < -0.39 is 0 Å². The molecule has 2 aromatic heterocycles. The highest BCUT2D eigenvalue weighted by atomic mass is 16.3. The van der Waals surface area contributed by atoms with E-state index in [4.69, 9.17) is 0 Å². The molecular formula is C17H25N5O2. The SMILES string of the molecule is Cc1nc2ncnn2c(C)c1CCC(=O)N1CCCC1CC(C)O. The summed E-state index contributed by atoms with van der Waals surface area (Å²) in [5.41, 5.74) is 2.96. The van der Waals surface area contributed by atoms with Gasteiger partial charge in [-0.1, -0.05) is 0 Å². The first-order valence-corrected chi connectivity index (χ1v) is 8.60. The van der Waals surface area contributed by atoms with Crippen LogP contribution in [0.25, 0.3) is 5.78 Å². The van der Waals surface area contributed by atoms with E-state index in [0.717, 1.165) is 36.3 Å². The summed E-state index contributed by atoms with van der Waals surface area (Å²) in [5, 5.41) is 13.8. The van der Waals surface area contributed by atoms with Gasteiger partial charge >= 0.3 is 0 Å². The van der Waals surface area contributed by atoms with E-state index in [-0.39, 0.29) is 18.1 Å². The van der Waals surface area contributed by atoms with Gasteiger partial charge in [0.25, 0.3) is 5.78 Å². The smallest absolute Gasteiger partial charge is 0.252 e. The minimum atomic E-state index is -0.369. The summed E-state index contributed by atoms with van der Waals surface area (Å²) in [5.74, 6) is 0.757. The highest BCUT2D eigenvalue weighted by molar-refractivity contribution is 5.77. The number of fused-ring (bicyclic) bond motifs is 1. The molecule has 3 heterocycles. The Morgan fingerprint density at radius 1 is 1.46 bits per heavy atom. The zero-order valence-electron chi connectivity index (χ0n) is 14.6. The standard InChI is InChI=1S/C17H25N5O2/c1-11(23)9-14-5-4-8-21(14)16(24)7-6-15-12(2)20-17-18-10-19-22(17)13(15)3/h10-11,14,23H,4-9H2,1-3H3. The van der Waals surface area contributed by atoms with Crippen LogP contribution in [0.4, 0.5) is 0 Å². The summed E-state index contributed by atoms with van der Waals surface area (Å²) in [7, 11) is 0. The Kier molecular flexibility index (Phi) is 4.80. The van der Waals surface area contributed by atoms with E-state index in [1.807, 2.05) is 18.7 Å². The van der Waals surface area contributed by atoms with E-state index in [2.05, 4.69) is 15.1 Å². The van der Waals surface area contributed by atoms with Gasteiger partial charge in [-0.3, -0.25) is 4.79 Å². The molecule has 1 aliphatic rings. The maximum absolute atomic E-state index is 12.6. The quantitative estimate of drug-likeness (QED) is 0.896. The lowest BCUT2D eigenvalue weighted by molar-refractivity contribution is -0.132. The van der Waals surface area contributed by atoms with Gasteiger partial charge < -0.3 is 10.0 Å². The number of aliphatic hydroxyl groups excluding tert-OH is 1. The molecule has 2 aromatic rings. The molecule has 2 unspecified atom stereocenters. The molecule has 2 atom stereocenters. The zero-order valence-corrected chi connectivity index (χ0v) is 14.6. The van der Waals surface area contributed by atoms with Crippen molar-refractivity contribution in [3.63, 3.8) is 0 Å². The Bertz CT molecular complexity index is 740. The number of amides is 1. The summed E-state index contributed by atoms with van der Waals surface area (Å²) < 4.78 is 1.72. The zero-order chi connectivity index (χ0) is 17.3. The summed E-state index contributed by atoms with van der Waals surface area (Å²) in [4.78, 5) is 23.2. The number of nitrogens with zero attached hydrogens (tertiary/aromatic N) is 5. The van der Waals surface area contributed by atoms with Crippen LogP contribution in [0.15, 0.2) is 6.33 Å². The van der Waals surface area contributed by atoms with Gasteiger partial charge in [0.2, 0.25) is 5.91 Å². The Hall–Kier alpha value is -2.02. The second-order valence-electron chi connectivity index (χ2n) is 6.70. The van der Waals surface area contributed by atoms with Crippen LogP contribution in [0.5, 0.6) is 0 Å². The molecule has 0 aromatic carbocycles. The molecular weight excluding hydrogens is 306 g/mol. The Balaban J connectivity index is 1.70. The van der Waals surface area contributed by atoms with Crippen molar-refractivity contribution in [3.8, 4) is 0 Å². The molecule has 0 bridgehead atoms. The van der Waals surface area contributed by atoms with Crippen molar-refractivity contribution >= 4 is 11.7 Å². The molecule has 130 valence electrons. The molecule has 3 rings (SSSR count). The lowest BCUT2D eigenvalue weighted by Crippen LogP contribution is -2.37. The first kappa shape index (κ1) is 16.8. The molecule has 0 saturated carbocycles. The number of rotatable bonds is 5. The summed E-state index contributed by atoms with van der Waals surface area (Å²) in [6, 6.07) is 0.176. The van der Waals surface area contributed by atoms with Crippen LogP contribution >= 0.6 is 0 Å². The molecule has 24 heavy (non-hydrogen) atoms. The number of carbonyl (C=O) groups is 1. The van der Waals surface area contributed by atoms with Gasteiger partial charge in [-0.15, -0.1) is 0 Å². The number of hydrogen-bond acceptors (Lipinski definition) is 5. The largest absolute Gasteiger partial charge is 0.393 e. The van der Waals surface area contributed by atoms with Crippen molar-refractivity contribution in [3.05, 3.63) is 23.3 Å². The molecule has 0 radical (unpaired) electrons. The molecule has 0 spiro atoms. The van der Waals surface area contributed by atoms with E-state index >= 15 is 0 Å². The number of aliphatic hydroxyl groups is 1. The summed E-state index contributed by atoms with van der Waals surface area (Å²) >= 11 is 0. The third-order valence-electron chi connectivity index (χ3n) is 4.89. The Morgan fingerprint density at radius 3 is 3.00 bits per heavy atom. The molecule has 7 heteroatoms. The highest BCUT2D eigenvalue weighted by Crippen LogP contribution is 2.23. The molecule has 1 fully saturated rings. The van der Waals surface area contributed by atoms with Crippen molar-refractivity contribution in [2.45, 2.75) is 65.0 Å². The van der Waals surface area contributed by atoms with Crippen LogP contribution in [-0.4, -0.2) is 54.2 Å². The van der Waals surface area contributed by atoms with Gasteiger partial charge in [0.05, 0.1) is 6.10 Å². The average molecular weight is 331 g/mol. The number of aryl methyl sites for hydroxylation is 2. The predicted molar refractivity (Wildman–Crippen MR) is 89.6 cm³/mol. The van der Waals surface area contributed by atoms with Crippen molar-refractivity contribution in [1.29, 1.82) is 0 Å². The number of likely N-dealkylation sites (tertiary alicyclic amines) is 1. The minimum absolute atomic E-state index is 0.163. The lowest BCUT2D eigenvalue weighted by Gasteiger charge is -2.26. The maximum atomic E-state index is 12.6. The molecule has 1 N–H and O–H groups in total. The van der Waals surface area contributed by atoms with E-state index in [9.17, 15) is 9.90 Å². The third kappa shape index (κ3) is 3.26. The number of hydrogen-bond donors (Lipinski definition) is 1. The third-order valence-corrected chi connectivity index (χ3v) is 4.89. The summed E-state index contributed by atoms with van der Waals surface area (Å²) in [6.07, 6.45) is 4.91. The van der Waals surface area contributed by atoms with Crippen LogP contribution in [0.3, 0.4) is 0 Å². The second-order valence-corrected chi connectivity index (χ2v) is 6.70. The predicted octanol–water partition coefficient (Wildman–Crippen LogP) is 1.44. The maximum Gasteiger partial charge on any atom is 0.252 e. The van der Waals surface area contributed by atoms with Gasteiger partial charge in [-0.2, -0.15) is 10.1 Å². The van der Waals surface area contributed by atoms with Gasteiger partial charge in [0.15, 0.2) is 0 Å². The molecule has 1 saturated heterocycles. The average Bonchev–Trinajstić information content (AvgIpc) is 3.15. The number of aromatic nitrogens is 4. The van der Waals surface area contributed by atoms with Crippen molar-refractivity contribution in [1.82, 2.24) is 24.5 Å². The first-order valence-electron chi connectivity index (χ1n) is 8.60. The van der Waals surface area contributed by atoms with Crippen molar-refractivity contribution in [2.24, 2.45) is 0 Å². The fourth-order valence-electron chi connectivity index (χ4n) is 3.70. The normalized spacial score (nSPS) is 19.2. The van der Waals surface area contributed by atoms with E-state index in [1.54, 1.807) is 11.4 Å². The van der Waals surface area contributed by atoms with Crippen molar-refractivity contribution < 1.29 is 9.90 Å². The first-order chi connectivity index (χ1) is 11.5. The van der Waals surface area contributed by atoms with Crippen LogP contribution in [0.1, 0.15) is 49.6 Å². The van der Waals surface area contributed by atoms with Crippen LogP contribution in [0.2, 0.25) is 0 Å². The highest BCUT2D eigenvalue weighted by Gasteiger charge is 2.29. The number of carbonyl (C=O) groups excluding carboxylic acids is 1. The van der Waals surface area contributed by atoms with Crippen molar-refractivity contribution in [2.75, 3.05) is 6.54 Å². The molecule has 7 nitrogen and oxygen atoms in total. The Labute approximate surface area is 141 Å². The van der Waals surface area contributed by atoms with Crippen LogP contribution in [0, 0.1) is 13.8 Å². The van der Waals surface area contributed by atoms with Gasteiger partial charge in [0.1, 0.15) is 6.33 Å². The second kappa shape index (κ2) is 6.84. The molecule has 0 aliphatic carbocycles. The topological polar surface area (TPSA) is 83.6 Å².